The van der Waals surface area contributed by atoms with Crippen LogP contribution in [-0.2, 0) is 16.0 Å². The van der Waals surface area contributed by atoms with E-state index in [-0.39, 0.29) is 17.9 Å². The van der Waals surface area contributed by atoms with Crippen LogP contribution in [0.25, 0.3) is 0 Å². The van der Waals surface area contributed by atoms with E-state index in [0.717, 1.165) is 25.7 Å². The van der Waals surface area contributed by atoms with Crippen molar-refractivity contribution in [2.24, 2.45) is 5.73 Å². The second-order valence-electron chi connectivity index (χ2n) is 5.92. The lowest BCUT2D eigenvalue weighted by atomic mass is 9.80. The Kier molecular flexibility index (Phi) is 4.96. The number of nitrogens with one attached hydrogen (secondary N) is 1. The van der Waals surface area contributed by atoms with E-state index < -0.39 is 5.97 Å². The summed E-state index contributed by atoms with van der Waals surface area (Å²) in [5.41, 5.74) is 7.28. The number of hydrogen-bond acceptors (Lipinski definition) is 3. The van der Waals surface area contributed by atoms with Gasteiger partial charge in [-0.2, -0.15) is 0 Å². The number of rotatable bonds is 5. The molecule has 0 saturated heterocycles. The fraction of sp³-hybridized carbons (Fsp3) is 0.500. The molecule has 1 aliphatic carbocycles. The molecule has 0 bridgehead atoms. The van der Waals surface area contributed by atoms with E-state index >= 15 is 0 Å². The smallest absolute Gasteiger partial charge is 0.307 e. The topological polar surface area (TPSA) is 92.4 Å². The molecule has 114 valence electrons. The van der Waals surface area contributed by atoms with Gasteiger partial charge in [0.2, 0.25) is 5.91 Å². The van der Waals surface area contributed by atoms with Crippen molar-refractivity contribution in [1.82, 2.24) is 0 Å². The monoisotopic (exact) mass is 290 g/mol. The summed E-state index contributed by atoms with van der Waals surface area (Å²) in [6.45, 7) is 0. The highest BCUT2D eigenvalue weighted by Crippen LogP contribution is 2.28. The van der Waals surface area contributed by atoms with Gasteiger partial charge in [-0.1, -0.05) is 31.4 Å². The number of hydrogen-bond donors (Lipinski definition) is 3. The van der Waals surface area contributed by atoms with Crippen molar-refractivity contribution < 1.29 is 14.7 Å². The molecule has 1 amide bonds. The average Bonchev–Trinajstić information content (AvgIpc) is 2.40. The Balaban J connectivity index is 1.88. The average molecular weight is 290 g/mol. The van der Waals surface area contributed by atoms with Gasteiger partial charge in [-0.25, -0.2) is 0 Å². The number of benzene rings is 1. The maximum atomic E-state index is 12.1. The van der Waals surface area contributed by atoms with Crippen LogP contribution in [0.4, 0.5) is 5.69 Å². The predicted molar refractivity (Wildman–Crippen MR) is 81.0 cm³/mol. The van der Waals surface area contributed by atoms with Crippen LogP contribution in [0.3, 0.4) is 0 Å². The predicted octanol–water partition coefficient (Wildman–Crippen LogP) is 2.30. The molecule has 1 saturated carbocycles. The first kappa shape index (κ1) is 15.5. The lowest BCUT2D eigenvalue weighted by Gasteiger charge is -2.32. The molecule has 0 aliphatic heterocycles. The second kappa shape index (κ2) is 6.72. The van der Waals surface area contributed by atoms with Gasteiger partial charge < -0.3 is 16.2 Å². The number of nitrogens with two attached hydrogens (primary N) is 1. The number of carboxylic acids is 1. The molecule has 1 aliphatic rings. The first-order valence-corrected chi connectivity index (χ1v) is 7.36. The second-order valence-corrected chi connectivity index (χ2v) is 5.92. The highest BCUT2D eigenvalue weighted by atomic mass is 16.4. The quantitative estimate of drug-likeness (QED) is 0.775. The Bertz CT molecular complexity index is 505. The van der Waals surface area contributed by atoms with E-state index in [9.17, 15) is 9.59 Å². The zero-order valence-corrected chi connectivity index (χ0v) is 12.1. The molecule has 5 heteroatoms. The molecule has 0 heterocycles. The zero-order chi connectivity index (χ0) is 15.3. The number of aliphatic carboxylic acids is 1. The molecule has 0 atom stereocenters. The number of anilines is 1. The van der Waals surface area contributed by atoms with Gasteiger partial charge in [-0.05, 0) is 30.5 Å². The molecular weight excluding hydrogens is 268 g/mol. The van der Waals surface area contributed by atoms with E-state index in [1.807, 2.05) is 0 Å². The summed E-state index contributed by atoms with van der Waals surface area (Å²) in [5.74, 6) is -0.945. The van der Waals surface area contributed by atoms with Gasteiger partial charge in [0.15, 0.2) is 0 Å². The minimum atomic E-state index is -0.867. The lowest BCUT2D eigenvalue weighted by molar-refractivity contribution is -0.136. The van der Waals surface area contributed by atoms with Gasteiger partial charge in [-0.15, -0.1) is 0 Å². The summed E-state index contributed by atoms with van der Waals surface area (Å²) < 4.78 is 0. The Morgan fingerprint density at radius 2 is 1.76 bits per heavy atom. The third-order valence-electron chi connectivity index (χ3n) is 3.95. The maximum Gasteiger partial charge on any atom is 0.307 e. The van der Waals surface area contributed by atoms with Crippen LogP contribution in [0.15, 0.2) is 24.3 Å². The standard InChI is InChI=1S/C16H22N2O3/c17-16(8-2-1-3-9-16)11-14(19)18-13-6-4-12(5-7-13)10-15(20)21/h4-7H,1-3,8-11,17H2,(H,18,19)(H,20,21). The normalized spacial score (nSPS) is 17.2. The minimum Gasteiger partial charge on any atom is -0.481 e. The molecule has 2 rings (SSSR count). The Labute approximate surface area is 124 Å². The molecule has 0 unspecified atom stereocenters. The largest absolute Gasteiger partial charge is 0.481 e. The summed E-state index contributed by atoms with van der Waals surface area (Å²) in [5, 5.41) is 11.5. The van der Waals surface area contributed by atoms with Crippen LogP contribution in [0.1, 0.15) is 44.1 Å². The molecule has 5 nitrogen and oxygen atoms in total. The van der Waals surface area contributed by atoms with E-state index in [4.69, 9.17) is 10.8 Å². The Morgan fingerprint density at radius 1 is 1.14 bits per heavy atom. The maximum absolute atomic E-state index is 12.1. The molecule has 1 fully saturated rings. The number of carbonyl (C=O) groups excluding carboxylic acids is 1. The highest BCUT2D eigenvalue weighted by molar-refractivity contribution is 5.91. The van der Waals surface area contributed by atoms with Crippen LogP contribution in [-0.4, -0.2) is 22.5 Å². The molecular formula is C16H22N2O3. The van der Waals surface area contributed by atoms with E-state index in [0.29, 0.717) is 17.7 Å². The molecule has 0 aromatic heterocycles. The summed E-state index contributed by atoms with van der Waals surface area (Å²) in [7, 11) is 0. The zero-order valence-electron chi connectivity index (χ0n) is 12.1. The van der Waals surface area contributed by atoms with Gasteiger partial charge in [0.05, 0.1) is 6.42 Å². The fourth-order valence-electron chi connectivity index (χ4n) is 2.84. The highest BCUT2D eigenvalue weighted by Gasteiger charge is 2.29. The van der Waals surface area contributed by atoms with Gasteiger partial charge >= 0.3 is 5.97 Å². The van der Waals surface area contributed by atoms with Crippen molar-refractivity contribution in [1.29, 1.82) is 0 Å². The van der Waals surface area contributed by atoms with Crippen molar-refractivity contribution in [2.45, 2.75) is 50.5 Å². The first-order chi connectivity index (χ1) is 9.97. The van der Waals surface area contributed by atoms with Crippen molar-refractivity contribution >= 4 is 17.6 Å². The van der Waals surface area contributed by atoms with Gasteiger partial charge in [0.1, 0.15) is 0 Å². The molecule has 0 spiro atoms. The first-order valence-electron chi connectivity index (χ1n) is 7.36. The van der Waals surface area contributed by atoms with Crippen molar-refractivity contribution in [2.75, 3.05) is 5.32 Å². The third-order valence-corrected chi connectivity index (χ3v) is 3.95. The van der Waals surface area contributed by atoms with E-state index in [1.54, 1.807) is 24.3 Å². The van der Waals surface area contributed by atoms with Crippen molar-refractivity contribution in [3.8, 4) is 0 Å². The summed E-state index contributed by atoms with van der Waals surface area (Å²) in [6.07, 6.45) is 5.51. The molecule has 1 aromatic rings. The van der Waals surface area contributed by atoms with Crippen LogP contribution in [0.5, 0.6) is 0 Å². The van der Waals surface area contributed by atoms with E-state index in [2.05, 4.69) is 5.32 Å². The number of carbonyl (C=O) groups is 2. The molecule has 1 aromatic carbocycles. The summed E-state index contributed by atoms with van der Waals surface area (Å²) in [6, 6.07) is 6.87. The summed E-state index contributed by atoms with van der Waals surface area (Å²) >= 11 is 0. The molecule has 21 heavy (non-hydrogen) atoms. The van der Waals surface area contributed by atoms with Crippen LogP contribution in [0.2, 0.25) is 0 Å². The number of amides is 1. The summed E-state index contributed by atoms with van der Waals surface area (Å²) in [4.78, 5) is 22.7. The van der Waals surface area contributed by atoms with Gasteiger partial charge in [-0.3, -0.25) is 9.59 Å². The van der Waals surface area contributed by atoms with E-state index in [1.165, 1.54) is 6.42 Å². The Morgan fingerprint density at radius 3 is 2.33 bits per heavy atom. The lowest BCUT2D eigenvalue weighted by Crippen LogP contribution is -2.44. The van der Waals surface area contributed by atoms with Gasteiger partial charge in [0, 0.05) is 17.6 Å². The molecule has 0 radical (unpaired) electrons. The Hall–Kier alpha value is -1.88. The number of carboxylic acid groups (broad SMARTS) is 1. The minimum absolute atomic E-state index is 0.0138. The third kappa shape index (κ3) is 4.86. The molecule has 4 N–H and O–H groups in total. The van der Waals surface area contributed by atoms with Crippen molar-refractivity contribution in [3.63, 3.8) is 0 Å². The fourth-order valence-corrected chi connectivity index (χ4v) is 2.84. The van der Waals surface area contributed by atoms with Crippen molar-refractivity contribution in [3.05, 3.63) is 29.8 Å². The van der Waals surface area contributed by atoms with Crippen LogP contribution < -0.4 is 11.1 Å². The SMILES string of the molecule is NC1(CC(=O)Nc2ccc(CC(=O)O)cc2)CCCCC1. The van der Waals surface area contributed by atoms with Crippen LogP contribution >= 0.6 is 0 Å². The van der Waals surface area contributed by atoms with Gasteiger partial charge in [0.25, 0.3) is 0 Å². The van der Waals surface area contributed by atoms with Crippen LogP contribution in [0, 0.1) is 0 Å².